The van der Waals surface area contributed by atoms with E-state index >= 15 is 0 Å². The van der Waals surface area contributed by atoms with Crippen molar-refractivity contribution in [2.45, 2.75) is 18.9 Å². The van der Waals surface area contributed by atoms with Crippen LogP contribution in [-0.2, 0) is 0 Å². The van der Waals surface area contributed by atoms with Gasteiger partial charge in [0.15, 0.2) is 0 Å². The van der Waals surface area contributed by atoms with Gasteiger partial charge in [0.2, 0.25) is 0 Å². The summed E-state index contributed by atoms with van der Waals surface area (Å²) < 4.78 is 5.56. The van der Waals surface area contributed by atoms with Gasteiger partial charge >= 0.3 is 0 Å². The third-order valence-electron chi connectivity index (χ3n) is 6.21. The number of methoxy groups -OCH3 is 1. The number of hydrogen-bond acceptors (Lipinski definition) is 4. The molecule has 1 atom stereocenters. The lowest BCUT2D eigenvalue weighted by atomic mass is 10.0. The molecule has 0 saturated carbocycles. The monoisotopic (exact) mass is 391 g/mol. The van der Waals surface area contributed by atoms with E-state index in [0.717, 1.165) is 38.5 Å². The van der Waals surface area contributed by atoms with Crippen LogP contribution in [0.5, 0.6) is 5.75 Å². The minimum Gasteiger partial charge on any atom is -0.495 e. The van der Waals surface area contributed by atoms with Crippen molar-refractivity contribution >= 4 is 11.8 Å². The summed E-state index contributed by atoms with van der Waals surface area (Å²) in [7, 11) is 1.76. The van der Waals surface area contributed by atoms with Crippen molar-refractivity contribution in [2.75, 3.05) is 57.8 Å². The fraction of sp³-hybridized carbons (Fsp3) is 0.440. The lowest BCUT2D eigenvalue weighted by Crippen LogP contribution is -2.55. The highest BCUT2D eigenvalue weighted by atomic mass is 16.5. The Morgan fingerprint density at radius 2 is 1.69 bits per heavy atom. The molecule has 4 rings (SSSR count). The highest BCUT2D eigenvalue weighted by Gasteiger charge is 2.28. The number of rotatable bonds is 6. The summed E-state index contributed by atoms with van der Waals surface area (Å²) >= 11 is 0. The minimum atomic E-state index is 0.689. The predicted octanol–water partition coefficient (Wildman–Crippen LogP) is 4.00. The fourth-order valence-corrected chi connectivity index (χ4v) is 4.62. The van der Waals surface area contributed by atoms with E-state index in [4.69, 9.17) is 4.74 Å². The second-order valence-corrected chi connectivity index (χ2v) is 8.06. The number of benzene rings is 2. The first-order valence-corrected chi connectivity index (χ1v) is 10.9. The Labute approximate surface area is 175 Å². The van der Waals surface area contributed by atoms with E-state index in [1.165, 1.54) is 37.2 Å². The standard InChI is InChI=1S/C25H33N3O/c1-29-25-14-6-5-13-24(25)28-19-17-27(18-20-28)23-12-8-16-26(21-23)15-7-11-22-9-3-2-4-10-22/h2-7,9-11,13-14,23H,8,12,15-21H2,1H3/b11-7+/t23-/m0/s1. The molecule has 154 valence electrons. The first-order valence-electron chi connectivity index (χ1n) is 10.9. The molecule has 4 heteroatoms. The van der Waals surface area contributed by atoms with Crippen LogP contribution in [0.4, 0.5) is 5.69 Å². The van der Waals surface area contributed by atoms with E-state index in [1.54, 1.807) is 7.11 Å². The lowest BCUT2D eigenvalue weighted by molar-refractivity contribution is 0.0991. The molecule has 2 heterocycles. The van der Waals surface area contributed by atoms with Crippen molar-refractivity contribution in [2.24, 2.45) is 0 Å². The van der Waals surface area contributed by atoms with Crippen LogP contribution in [0.25, 0.3) is 6.08 Å². The number of piperazine rings is 1. The fourth-order valence-electron chi connectivity index (χ4n) is 4.62. The second-order valence-electron chi connectivity index (χ2n) is 8.06. The molecule has 2 aliphatic heterocycles. The summed E-state index contributed by atoms with van der Waals surface area (Å²) in [6, 6.07) is 19.7. The van der Waals surface area contributed by atoms with Gasteiger partial charge < -0.3 is 9.64 Å². The van der Waals surface area contributed by atoms with Gasteiger partial charge in [-0.05, 0) is 37.1 Å². The van der Waals surface area contributed by atoms with Crippen LogP contribution < -0.4 is 9.64 Å². The number of hydrogen-bond donors (Lipinski definition) is 0. The highest BCUT2D eigenvalue weighted by Crippen LogP contribution is 2.29. The third-order valence-corrected chi connectivity index (χ3v) is 6.21. The molecule has 2 aromatic carbocycles. The molecule has 0 spiro atoms. The normalized spacial score (nSPS) is 21.6. The van der Waals surface area contributed by atoms with E-state index < -0.39 is 0 Å². The van der Waals surface area contributed by atoms with Gasteiger partial charge in [-0.2, -0.15) is 0 Å². The van der Waals surface area contributed by atoms with E-state index in [0.29, 0.717) is 6.04 Å². The van der Waals surface area contributed by atoms with Crippen LogP contribution in [0, 0.1) is 0 Å². The molecule has 4 nitrogen and oxygen atoms in total. The van der Waals surface area contributed by atoms with Gasteiger partial charge in [-0.25, -0.2) is 0 Å². The number of ether oxygens (including phenoxy) is 1. The maximum Gasteiger partial charge on any atom is 0.142 e. The zero-order valence-electron chi connectivity index (χ0n) is 17.5. The van der Waals surface area contributed by atoms with Crippen LogP contribution in [0.2, 0.25) is 0 Å². The molecule has 2 aliphatic rings. The van der Waals surface area contributed by atoms with Gasteiger partial charge in [-0.1, -0.05) is 54.6 Å². The van der Waals surface area contributed by atoms with Gasteiger partial charge in [0.1, 0.15) is 5.75 Å². The van der Waals surface area contributed by atoms with Gasteiger partial charge in [0.25, 0.3) is 0 Å². The van der Waals surface area contributed by atoms with E-state index in [1.807, 2.05) is 6.07 Å². The number of piperidine rings is 1. The molecule has 29 heavy (non-hydrogen) atoms. The average molecular weight is 392 g/mol. The van der Waals surface area contributed by atoms with Crippen molar-refractivity contribution < 1.29 is 4.74 Å². The molecule has 2 fully saturated rings. The molecule has 0 bridgehead atoms. The number of nitrogens with zero attached hydrogens (tertiary/aromatic N) is 3. The van der Waals surface area contributed by atoms with Crippen molar-refractivity contribution in [1.82, 2.24) is 9.80 Å². The molecule has 0 aromatic heterocycles. The lowest BCUT2D eigenvalue weighted by Gasteiger charge is -2.44. The molecule has 0 unspecified atom stereocenters. The zero-order chi connectivity index (χ0) is 19.9. The molecule has 2 aromatic rings. The minimum absolute atomic E-state index is 0.689. The van der Waals surface area contributed by atoms with Crippen molar-refractivity contribution in [3.63, 3.8) is 0 Å². The summed E-state index contributed by atoms with van der Waals surface area (Å²) in [6.07, 6.45) is 7.19. The first kappa shape index (κ1) is 20.0. The molecule has 0 aliphatic carbocycles. The SMILES string of the molecule is COc1ccccc1N1CCN([C@H]2CCCN(C/C=C/c3ccccc3)C2)CC1. The molecular weight excluding hydrogens is 358 g/mol. The van der Waals surface area contributed by atoms with Gasteiger partial charge in [0, 0.05) is 45.3 Å². The predicted molar refractivity (Wildman–Crippen MR) is 122 cm³/mol. The number of likely N-dealkylation sites (tertiary alicyclic amines) is 1. The molecule has 0 amide bonds. The van der Waals surface area contributed by atoms with Crippen molar-refractivity contribution in [3.05, 3.63) is 66.2 Å². The van der Waals surface area contributed by atoms with Gasteiger partial charge in [-0.3, -0.25) is 9.80 Å². The molecular formula is C25H33N3O. The largest absolute Gasteiger partial charge is 0.495 e. The Kier molecular flexibility index (Phi) is 6.86. The maximum absolute atomic E-state index is 5.56. The molecule has 2 saturated heterocycles. The van der Waals surface area contributed by atoms with E-state index in [-0.39, 0.29) is 0 Å². The maximum atomic E-state index is 5.56. The van der Waals surface area contributed by atoms with Crippen LogP contribution in [0.3, 0.4) is 0 Å². The Bertz CT molecular complexity index is 784. The van der Waals surface area contributed by atoms with Crippen LogP contribution >= 0.6 is 0 Å². The van der Waals surface area contributed by atoms with E-state index in [2.05, 4.69) is 75.4 Å². The van der Waals surface area contributed by atoms with Crippen molar-refractivity contribution in [1.29, 1.82) is 0 Å². The topological polar surface area (TPSA) is 19.0 Å². The average Bonchev–Trinajstić information content (AvgIpc) is 2.80. The smallest absolute Gasteiger partial charge is 0.142 e. The summed E-state index contributed by atoms with van der Waals surface area (Å²) in [5, 5.41) is 0. The Balaban J connectivity index is 1.28. The summed E-state index contributed by atoms with van der Waals surface area (Å²) in [6.45, 7) is 7.87. The third kappa shape index (κ3) is 5.20. The first-order chi connectivity index (χ1) is 14.3. The quantitative estimate of drug-likeness (QED) is 0.741. The molecule has 0 N–H and O–H groups in total. The van der Waals surface area contributed by atoms with Crippen LogP contribution in [0.1, 0.15) is 18.4 Å². The summed E-state index contributed by atoms with van der Waals surface area (Å²) in [5.41, 5.74) is 2.51. The van der Waals surface area contributed by atoms with Gasteiger partial charge in [0.05, 0.1) is 12.8 Å². The highest BCUT2D eigenvalue weighted by molar-refractivity contribution is 5.58. The summed E-state index contributed by atoms with van der Waals surface area (Å²) in [4.78, 5) is 7.79. The number of anilines is 1. The van der Waals surface area contributed by atoms with Crippen LogP contribution in [0.15, 0.2) is 60.7 Å². The Hall–Kier alpha value is -2.30. The van der Waals surface area contributed by atoms with Gasteiger partial charge in [-0.15, -0.1) is 0 Å². The Morgan fingerprint density at radius 3 is 2.48 bits per heavy atom. The Morgan fingerprint density at radius 1 is 0.931 bits per heavy atom. The van der Waals surface area contributed by atoms with E-state index in [9.17, 15) is 0 Å². The second kappa shape index (κ2) is 9.95. The van der Waals surface area contributed by atoms with Crippen LogP contribution in [-0.4, -0.2) is 68.8 Å². The van der Waals surface area contributed by atoms with Crippen molar-refractivity contribution in [3.8, 4) is 5.75 Å². The summed E-state index contributed by atoms with van der Waals surface area (Å²) in [5.74, 6) is 0.981. The number of para-hydroxylation sites is 2. The zero-order valence-corrected chi connectivity index (χ0v) is 17.5. The molecule has 0 radical (unpaired) electrons.